The molecule has 0 spiro atoms. The topological polar surface area (TPSA) is 47.6 Å². The number of hydrogen-bond donors (Lipinski definition) is 1. The van der Waals surface area contributed by atoms with E-state index in [0.29, 0.717) is 11.1 Å². The van der Waals surface area contributed by atoms with E-state index in [0.717, 1.165) is 0 Å². The maximum Gasteiger partial charge on any atom is 0.413 e. The van der Waals surface area contributed by atoms with E-state index in [1.165, 1.54) is 19.2 Å². The molecule has 1 N–H and O–H groups in total. The molecule has 100 valence electrons. The van der Waals surface area contributed by atoms with E-state index in [1.54, 1.807) is 12.1 Å². The Kier molecular flexibility index (Phi) is 5.11. The molecule has 0 saturated carbocycles. The fraction of sp³-hybridized carbons (Fsp3) is 0.364. The number of nitrogens with one attached hydrogen (secondary N) is 1. The molecule has 0 unspecified atom stereocenters. The van der Waals surface area contributed by atoms with Crippen LogP contribution in [-0.4, -0.2) is 25.9 Å². The third kappa shape index (κ3) is 5.15. The molecule has 0 aliphatic heterocycles. The molecule has 0 saturated heterocycles. The van der Waals surface area contributed by atoms with Gasteiger partial charge in [0.25, 0.3) is 0 Å². The highest BCUT2D eigenvalue weighted by molar-refractivity contribution is 5.89. The Hall–Kier alpha value is -1.60. The van der Waals surface area contributed by atoms with Gasteiger partial charge in [-0.1, -0.05) is 12.1 Å². The van der Waals surface area contributed by atoms with Gasteiger partial charge in [-0.25, -0.2) is 4.79 Å². The molecular weight excluding hydrogens is 251 g/mol. The minimum Gasteiger partial charge on any atom is -0.465 e. The van der Waals surface area contributed by atoms with Crippen LogP contribution in [0.2, 0.25) is 0 Å². The number of ether oxygens (including phenoxy) is 1. The van der Waals surface area contributed by atoms with Gasteiger partial charge in [0.1, 0.15) is 0 Å². The Morgan fingerprint density at radius 3 is 2.39 bits per heavy atom. The van der Waals surface area contributed by atoms with Crippen molar-refractivity contribution in [1.29, 1.82) is 0 Å². The second-order valence-electron chi connectivity index (χ2n) is 3.41. The molecule has 1 rings (SSSR count). The number of rotatable bonds is 5. The van der Waals surface area contributed by atoms with Gasteiger partial charge in [0, 0.05) is 6.54 Å². The fourth-order valence-electron chi connectivity index (χ4n) is 1.14. The molecule has 0 aliphatic carbocycles. The van der Waals surface area contributed by atoms with Gasteiger partial charge in [0.2, 0.25) is 0 Å². The maximum absolute atomic E-state index is 11.7. The van der Waals surface area contributed by atoms with E-state index >= 15 is 0 Å². The Bertz CT molecular complexity index is 390. The molecule has 1 aromatic carbocycles. The average Bonchev–Trinajstić information content (AvgIpc) is 2.33. The summed E-state index contributed by atoms with van der Waals surface area (Å²) in [6.45, 7) is -1.25. The Morgan fingerprint density at radius 2 is 1.89 bits per heavy atom. The van der Waals surface area contributed by atoms with Crippen molar-refractivity contribution in [2.24, 2.45) is 0 Å². The number of halogens is 3. The second kappa shape index (κ2) is 6.36. The van der Waals surface area contributed by atoms with Crippen molar-refractivity contribution in [3.63, 3.8) is 0 Å². The van der Waals surface area contributed by atoms with Crippen LogP contribution in [0, 0.1) is 0 Å². The minimum atomic E-state index is -4.36. The van der Waals surface area contributed by atoms with Crippen molar-refractivity contribution < 1.29 is 27.5 Å². The Balaban J connectivity index is 2.38. The van der Waals surface area contributed by atoms with E-state index in [1.807, 2.05) is 0 Å². The lowest BCUT2D eigenvalue weighted by Gasteiger charge is -2.08. The van der Waals surface area contributed by atoms with Gasteiger partial charge in [0.15, 0.2) is 6.61 Å². The first-order valence-corrected chi connectivity index (χ1v) is 5.01. The van der Waals surface area contributed by atoms with E-state index in [4.69, 9.17) is 0 Å². The van der Waals surface area contributed by atoms with Crippen molar-refractivity contribution in [2.75, 3.05) is 13.7 Å². The molecular formula is C11H12F3NO3. The zero-order valence-corrected chi connectivity index (χ0v) is 9.58. The fourth-order valence-corrected chi connectivity index (χ4v) is 1.14. The van der Waals surface area contributed by atoms with Crippen LogP contribution in [0.5, 0.6) is 0 Å². The van der Waals surface area contributed by atoms with Crippen LogP contribution in [0.1, 0.15) is 15.9 Å². The predicted molar refractivity (Wildman–Crippen MR) is 56.6 cm³/mol. The zero-order valence-electron chi connectivity index (χ0n) is 9.58. The highest BCUT2D eigenvalue weighted by Gasteiger charge is 2.27. The number of esters is 1. The largest absolute Gasteiger partial charge is 0.465 e. The molecule has 4 nitrogen and oxygen atoms in total. The van der Waals surface area contributed by atoms with Crippen LogP contribution in [0.25, 0.3) is 0 Å². The summed E-state index contributed by atoms with van der Waals surface area (Å²) in [5.74, 6) is -0.470. The summed E-state index contributed by atoms with van der Waals surface area (Å²) in [7, 11) is 1.27. The number of hydroxylamine groups is 1. The van der Waals surface area contributed by atoms with Crippen LogP contribution >= 0.6 is 0 Å². The molecule has 7 heteroatoms. The first-order chi connectivity index (χ1) is 8.42. The highest BCUT2D eigenvalue weighted by atomic mass is 19.4. The first kappa shape index (κ1) is 14.5. The second-order valence-corrected chi connectivity index (χ2v) is 3.41. The molecule has 0 aliphatic rings. The van der Waals surface area contributed by atoms with Crippen LogP contribution < -0.4 is 5.48 Å². The van der Waals surface area contributed by atoms with Gasteiger partial charge in [-0.3, -0.25) is 4.84 Å². The van der Waals surface area contributed by atoms with Gasteiger partial charge in [0.05, 0.1) is 12.7 Å². The van der Waals surface area contributed by atoms with Crippen LogP contribution in [0.4, 0.5) is 13.2 Å². The van der Waals surface area contributed by atoms with Crippen molar-refractivity contribution in [1.82, 2.24) is 5.48 Å². The summed E-state index contributed by atoms with van der Waals surface area (Å²) in [5, 5.41) is 0. The summed E-state index contributed by atoms with van der Waals surface area (Å²) in [6.07, 6.45) is -4.36. The third-order valence-electron chi connectivity index (χ3n) is 1.99. The molecule has 0 atom stereocenters. The van der Waals surface area contributed by atoms with Crippen molar-refractivity contribution in [2.45, 2.75) is 12.7 Å². The van der Waals surface area contributed by atoms with E-state index < -0.39 is 18.8 Å². The van der Waals surface area contributed by atoms with Crippen LogP contribution in [0.3, 0.4) is 0 Å². The van der Waals surface area contributed by atoms with E-state index in [9.17, 15) is 18.0 Å². The van der Waals surface area contributed by atoms with Crippen LogP contribution in [-0.2, 0) is 16.1 Å². The average molecular weight is 263 g/mol. The third-order valence-corrected chi connectivity index (χ3v) is 1.99. The number of methoxy groups -OCH3 is 1. The summed E-state index contributed by atoms with van der Waals surface area (Å²) >= 11 is 0. The van der Waals surface area contributed by atoms with E-state index in [2.05, 4.69) is 15.1 Å². The lowest BCUT2D eigenvalue weighted by Crippen LogP contribution is -2.24. The summed E-state index contributed by atoms with van der Waals surface area (Å²) in [4.78, 5) is 15.3. The number of hydrogen-bond acceptors (Lipinski definition) is 4. The van der Waals surface area contributed by atoms with Crippen molar-refractivity contribution in [3.05, 3.63) is 35.4 Å². The SMILES string of the molecule is COC(=O)c1ccc(CNOCC(F)(F)F)cc1. The lowest BCUT2D eigenvalue weighted by atomic mass is 10.1. The van der Waals surface area contributed by atoms with Gasteiger partial charge in [-0.05, 0) is 17.7 Å². The maximum atomic E-state index is 11.7. The molecule has 18 heavy (non-hydrogen) atoms. The quantitative estimate of drug-likeness (QED) is 0.502. The monoisotopic (exact) mass is 263 g/mol. The smallest absolute Gasteiger partial charge is 0.413 e. The number of carbonyl (C=O) groups excluding carboxylic acids is 1. The number of benzene rings is 1. The molecule has 1 aromatic rings. The lowest BCUT2D eigenvalue weighted by molar-refractivity contribution is -0.190. The highest BCUT2D eigenvalue weighted by Crippen LogP contribution is 2.13. The predicted octanol–water partition coefficient (Wildman–Crippen LogP) is 2.06. The number of carbonyl (C=O) groups is 1. The molecule has 0 bridgehead atoms. The normalized spacial score (nSPS) is 11.3. The van der Waals surface area contributed by atoms with Gasteiger partial charge in [-0.15, -0.1) is 0 Å². The molecule has 0 fully saturated rings. The summed E-state index contributed by atoms with van der Waals surface area (Å²) in [5.41, 5.74) is 3.24. The number of alkyl halides is 3. The summed E-state index contributed by atoms with van der Waals surface area (Å²) in [6, 6.07) is 6.23. The molecule has 0 radical (unpaired) electrons. The Morgan fingerprint density at radius 1 is 1.28 bits per heavy atom. The van der Waals surface area contributed by atoms with Crippen LogP contribution in [0.15, 0.2) is 24.3 Å². The standard InChI is InChI=1S/C11H12F3NO3/c1-17-10(16)9-4-2-8(3-5-9)6-15-18-7-11(12,13)14/h2-5,15H,6-7H2,1H3. The van der Waals surface area contributed by atoms with Gasteiger partial charge >= 0.3 is 12.1 Å². The molecule has 0 aromatic heterocycles. The van der Waals surface area contributed by atoms with Crippen molar-refractivity contribution in [3.8, 4) is 0 Å². The van der Waals surface area contributed by atoms with E-state index in [-0.39, 0.29) is 6.54 Å². The molecule has 0 amide bonds. The summed E-state index contributed by atoms with van der Waals surface area (Å²) < 4.78 is 39.7. The Labute approximate surface area is 102 Å². The van der Waals surface area contributed by atoms with Gasteiger partial charge in [-0.2, -0.15) is 18.7 Å². The zero-order chi connectivity index (χ0) is 13.6. The minimum absolute atomic E-state index is 0.109. The molecule has 0 heterocycles. The van der Waals surface area contributed by atoms with Gasteiger partial charge < -0.3 is 4.74 Å². The first-order valence-electron chi connectivity index (χ1n) is 5.01. The van der Waals surface area contributed by atoms with Crippen molar-refractivity contribution >= 4 is 5.97 Å².